The second kappa shape index (κ2) is 4.17. The van der Waals surface area contributed by atoms with Crippen LogP contribution < -0.4 is 0 Å². The summed E-state index contributed by atoms with van der Waals surface area (Å²) in [6.07, 6.45) is 3.86. The summed E-state index contributed by atoms with van der Waals surface area (Å²) in [5.74, 6) is 2.95. The van der Waals surface area contributed by atoms with Crippen LogP contribution in [-0.2, 0) is 0 Å². The second-order valence-corrected chi connectivity index (χ2v) is 5.52. The van der Waals surface area contributed by atoms with Crippen molar-refractivity contribution >= 4 is 11.1 Å². The minimum absolute atomic E-state index is 0.506. The van der Waals surface area contributed by atoms with Gasteiger partial charge >= 0.3 is 0 Å². The van der Waals surface area contributed by atoms with Gasteiger partial charge in [0.05, 0.1) is 0 Å². The van der Waals surface area contributed by atoms with Crippen LogP contribution in [0.25, 0.3) is 11.1 Å². The van der Waals surface area contributed by atoms with Crippen molar-refractivity contribution < 1.29 is 4.42 Å². The molecule has 0 spiro atoms. The van der Waals surface area contributed by atoms with E-state index in [0.29, 0.717) is 11.8 Å². The molecule has 3 rings (SSSR count). The average molecular weight is 229 g/mol. The van der Waals surface area contributed by atoms with Gasteiger partial charge in [0.15, 0.2) is 11.5 Å². The van der Waals surface area contributed by atoms with Crippen LogP contribution in [0.1, 0.15) is 44.9 Å². The van der Waals surface area contributed by atoms with E-state index < -0.39 is 0 Å². The number of aromatic nitrogens is 1. The van der Waals surface area contributed by atoms with Crippen LogP contribution in [0.4, 0.5) is 0 Å². The Labute approximate surface area is 102 Å². The second-order valence-electron chi connectivity index (χ2n) is 5.52. The van der Waals surface area contributed by atoms with Gasteiger partial charge in [-0.3, -0.25) is 0 Å². The molecule has 1 aromatic carbocycles. The van der Waals surface area contributed by atoms with Crippen molar-refractivity contribution in [3.63, 3.8) is 0 Å². The highest BCUT2D eigenvalue weighted by Crippen LogP contribution is 2.40. The fourth-order valence-electron chi connectivity index (χ4n) is 2.93. The van der Waals surface area contributed by atoms with Crippen LogP contribution in [0.3, 0.4) is 0 Å². The molecule has 1 saturated carbocycles. The van der Waals surface area contributed by atoms with Gasteiger partial charge in [-0.15, -0.1) is 0 Å². The van der Waals surface area contributed by atoms with E-state index in [1.165, 1.54) is 19.3 Å². The first-order valence-electron chi connectivity index (χ1n) is 6.59. The van der Waals surface area contributed by atoms with E-state index >= 15 is 0 Å². The van der Waals surface area contributed by atoms with Crippen LogP contribution in [-0.4, -0.2) is 4.98 Å². The average Bonchev–Trinajstić information content (AvgIpc) is 2.75. The molecular formula is C15H19NO. The molecule has 1 fully saturated rings. The normalized spacial score (nSPS) is 29.6. The van der Waals surface area contributed by atoms with E-state index in [1.54, 1.807) is 0 Å². The Morgan fingerprint density at radius 3 is 2.82 bits per heavy atom. The number of oxazole rings is 1. The summed E-state index contributed by atoms with van der Waals surface area (Å²) in [5, 5.41) is 0. The maximum Gasteiger partial charge on any atom is 0.198 e. The maximum absolute atomic E-state index is 5.92. The SMILES string of the molecule is CC1CCC(C)C(c2nc3ccccc3o2)C1. The lowest BCUT2D eigenvalue weighted by atomic mass is 9.75. The molecule has 0 aliphatic heterocycles. The van der Waals surface area contributed by atoms with Crippen molar-refractivity contribution in [1.82, 2.24) is 4.98 Å². The van der Waals surface area contributed by atoms with E-state index in [4.69, 9.17) is 4.42 Å². The van der Waals surface area contributed by atoms with E-state index in [-0.39, 0.29) is 0 Å². The van der Waals surface area contributed by atoms with Gasteiger partial charge in [-0.1, -0.05) is 32.4 Å². The molecule has 0 bridgehead atoms. The molecule has 3 unspecified atom stereocenters. The zero-order valence-electron chi connectivity index (χ0n) is 10.5. The van der Waals surface area contributed by atoms with Crippen molar-refractivity contribution in [2.24, 2.45) is 11.8 Å². The Balaban J connectivity index is 1.96. The van der Waals surface area contributed by atoms with Crippen molar-refractivity contribution in [1.29, 1.82) is 0 Å². The molecule has 0 saturated heterocycles. The number of fused-ring (bicyclic) bond motifs is 1. The zero-order valence-corrected chi connectivity index (χ0v) is 10.5. The van der Waals surface area contributed by atoms with E-state index in [1.807, 2.05) is 24.3 Å². The van der Waals surface area contributed by atoms with E-state index in [2.05, 4.69) is 18.8 Å². The van der Waals surface area contributed by atoms with Gasteiger partial charge in [0.2, 0.25) is 0 Å². The first-order chi connectivity index (χ1) is 8.24. The third-order valence-electron chi connectivity index (χ3n) is 4.09. The van der Waals surface area contributed by atoms with Crippen LogP contribution >= 0.6 is 0 Å². The number of hydrogen-bond donors (Lipinski definition) is 0. The first-order valence-corrected chi connectivity index (χ1v) is 6.59. The number of nitrogens with zero attached hydrogens (tertiary/aromatic N) is 1. The third-order valence-corrected chi connectivity index (χ3v) is 4.09. The summed E-state index contributed by atoms with van der Waals surface area (Å²) in [7, 11) is 0. The van der Waals surface area contributed by atoms with E-state index in [0.717, 1.165) is 22.9 Å². The van der Waals surface area contributed by atoms with Crippen molar-refractivity contribution in [3.8, 4) is 0 Å². The Kier molecular flexibility index (Phi) is 2.65. The van der Waals surface area contributed by atoms with Gasteiger partial charge in [0.1, 0.15) is 5.52 Å². The first kappa shape index (κ1) is 10.8. The lowest BCUT2D eigenvalue weighted by Gasteiger charge is -2.30. The molecular weight excluding hydrogens is 210 g/mol. The van der Waals surface area contributed by atoms with Crippen LogP contribution in [0, 0.1) is 11.8 Å². The molecule has 90 valence electrons. The van der Waals surface area contributed by atoms with Gasteiger partial charge in [0, 0.05) is 5.92 Å². The molecule has 2 heteroatoms. The van der Waals surface area contributed by atoms with Crippen LogP contribution in [0.2, 0.25) is 0 Å². The van der Waals surface area contributed by atoms with Crippen molar-refractivity contribution in [3.05, 3.63) is 30.2 Å². The third kappa shape index (κ3) is 1.97. The highest BCUT2D eigenvalue weighted by atomic mass is 16.3. The monoisotopic (exact) mass is 229 g/mol. The predicted molar refractivity (Wildman–Crippen MR) is 68.9 cm³/mol. The van der Waals surface area contributed by atoms with Gasteiger partial charge < -0.3 is 4.42 Å². The molecule has 0 amide bonds. The number of para-hydroxylation sites is 2. The summed E-state index contributed by atoms with van der Waals surface area (Å²) < 4.78 is 5.92. The topological polar surface area (TPSA) is 26.0 Å². The maximum atomic E-state index is 5.92. The molecule has 0 N–H and O–H groups in total. The van der Waals surface area contributed by atoms with Crippen LogP contribution in [0.5, 0.6) is 0 Å². The quantitative estimate of drug-likeness (QED) is 0.725. The highest BCUT2D eigenvalue weighted by Gasteiger charge is 2.30. The molecule has 17 heavy (non-hydrogen) atoms. The minimum atomic E-state index is 0.506. The highest BCUT2D eigenvalue weighted by molar-refractivity contribution is 5.72. The molecule has 2 aromatic rings. The lowest BCUT2D eigenvalue weighted by Crippen LogP contribution is -2.20. The standard InChI is InChI=1S/C15H19NO/c1-10-7-8-11(2)12(9-10)15-16-13-5-3-4-6-14(13)17-15/h3-6,10-12H,7-9H2,1-2H3. The summed E-state index contributed by atoms with van der Waals surface area (Å²) in [6.45, 7) is 4.66. The summed E-state index contributed by atoms with van der Waals surface area (Å²) >= 11 is 0. The fourth-order valence-corrected chi connectivity index (χ4v) is 2.93. The zero-order chi connectivity index (χ0) is 11.8. The minimum Gasteiger partial charge on any atom is -0.440 e. The molecule has 1 aliphatic rings. The molecule has 0 radical (unpaired) electrons. The Morgan fingerprint density at radius 1 is 1.18 bits per heavy atom. The Morgan fingerprint density at radius 2 is 2.00 bits per heavy atom. The van der Waals surface area contributed by atoms with Gasteiger partial charge in [-0.2, -0.15) is 0 Å². The van der Waals surface area contributed by atoms with Crippen LogP contribution in [0.15, 0.2) is 28.7 Å². The van der Waals surface area contributed by atoms with Crippen molar-refractivity contribution in [2.45, 2.75) is 39.0 Å². The molecule has 1 heterocycles. The van der Waals surface area contributed by atoms with Gasteiger partial charge in [0.25, 0.3) is 0 Å². The number of benzene rings is 1. The predicted octanol–water partition coefficient (Wildman–Crippen LogP) is 4.37. The number of rotatable bonds is 1. The Hall–Kier alpha value is -1.31. The summed E-state index contributed by atoms with van der Waals surface area (Å²) in [5.41, 5.74) is 1.92. The van der Waals surface area contributed by atoms with Crippen molar-refractivity contribution in [2.75, 3.05) is 0 Å². The largest absolute Gasteiger partial charge is 0.440 e. The smallest absolute Gasteiger partial charge is 0.198 e. The molecule has 1 aromatic heterocycles. The number of hydrogen-bond acceptors (Lipinski definition) is 2. The fraction of sp³-hybridized carbons (Fsp3) is 0.533. The molecule has 3 atom stereocenters. The van der Waals surface area contributed by atoms with E-state index in [9.17, 15) is 0 Å². The lowest BCUT2D eigenvalue weighted by molar-refractivity contribution is 0.235. The molecule has 2 nitrogen and oxygen atoms in total. The summed E-state index contributed by atoms with van der Waals surface area (Å²) in [4.78, 5) is 4.65. The molecule has 1 aliphatic carbocycles. The summed E-state index contributed by atoms with van der Waals surface area (Å²) in [6, 6.07) is 8.05. The van der Waals surface area contributed by atoms with Gasteiger partial charge in [-0.05, 0) is 36.8 Å². The van der Waals surface area contributed by atoms with Gasteiger partial charge in [-0.25, -0.2) is 4.98 Å². The Bertz CT molecular complexity index is 483.